The first-order valence-corrected chi connectivity index (χ1v) is 8.91. The van der Waals surface area contributed by atoms with E-state index in [-0.39, 0.29) is 18.7 Å². The van der Waals surface area contributed by atoms with Gasteiger partial charge in [-0.2, -0.15) is 13.2 Å². The van der Waals surface area contributed by atoms with Crippen molar-refractivity contribution in [2.45, 2.75) is 50.5 Å². The van der Waals surface area contributed by atoms with Gasteiger partial charge in [0.15, 0.2) is 0 Å². The van der Waals surface area contributed by atoms with E-state index in [1.807, 2.05) is 5.32 Å². The van der Waals surface area contributed by atoms with E-state index in [1.54, 1.807) is 12.2 Å². The fraction of sp³-hybridized carbons (Fsp3) is 0.529. The number of benzene rings is 1. The summed E-state index contributed by atoms with van der Waals surface area (Å²) in [6, 6.07) is 3.69. The smallest absolute Gasteiger partial charge is 0.463 e. The number of ether oxygens (including phenoxy) is 2. The second-order valence-electron chi connectivity index (χ2n) is 5.82. The molecular formula is C17H20ClF5N2O4. The summed E-state index contributed by atoms with van der Waals surface area (Å²) in [5.41, 5.74) is -7.91. The number of carbonyl (C=O) groups excluding carboxylic acids is 2. The number of anilines is 1. The average Bonchev–Trinajstić information content (AvgIpc) is 2.58. The summed E-state index contributed by atoms with van der Waals surface area (Å²) in [5.74, 6) is -3.23. The van der Waals surface area contributed by atoms with Crippen LogP contribution >= 0.6 is 11.6 Å². The molecular weight excluding hydrogens is 427 g/mol. The number of rotatable bonds is 10. The summed E-state index contributed by atoms with van der Waals surface area (Å²) in [6.45, 7) is 2.67. The molecule has 0 unspecified atom stereocenters. The van der Waals surface area contributed by atoms with E-state index >= 15 is 0 Å². The van der Waals surface area contributed by atoms with Gasteiger partial charge >= 0.3 is 23.4 Å². The first-order chi connectivity index (χ1) is 13.3. The maximum atomic E-state index is 13.9. The molecule has 0 radical (unpaired) electrons. The molecule has 0 aliphatic carbocycles. The van der Waals surface area contributed by atoms with Crippen molar-refractivity contribution in [3.05, 3.63) is 24.3 Å². The number of hydrogen-bond donors (Lipinski definition) is 2. The van der Waals surface area contributed by atoms with E-state index in [2.05, 4.69) is 21.1 Å². The minimum Gasteiger partial charge on any atom is -0.463 e. The summed E-state index contributed by atoms with van der Waals surface area (Å²) in [5, 5.41) is 3.58. The molecule has 2 N–H and O–H groups in total. The number of unbranched alkanes of at least 4 members (excludes halogenated alkanes) is 1. The Balaban J connectivity index is 3.24. The lowest BCUT2D eigenvalue weighted by molar-refractivity contribution is -0.207. The van der Waals surface area contributed by atoms with Gasteiger partial charge in [-0.25, -0.2) is 4.79 Å². The summed E-state index contributed by atoms with van der Waals surface area (Å²) < 4.78 is 75.6. The highest BCUT2D eigenvalue weighted by Gasteiger charge is 2.63. The molecule has 0 aliphatic rings. The predicted molar refractivity (Wildman–Crippen MR) is 94.6 cm³/mol. The van der Waals surface area contributed by atoms with Gasteiger partial charge < -0.3 is 20.1 Å². The van der Waals surface area contributed by atoms with Crippen molar-refractivity contribution in [1.29, 1.82) is 0 Å². The monoisotopic (exact) mass is 446 g/mol. The molecule has 0 spiro atoms. The first-order valence-electron chi connectivity index (χ1n) is 8.53. The van der Waals surface area contributed by atoms with Crippen LogP contribution in [-0.2, 0) is 14.3 Å². The minimum atomic E-state index is -5.29. The SMILES string of the molecule is CCCCC(=O)N[C@@](Nc1ccc(OC(F)(F)Cl)cc1)(C(=O)OCC)C(F)(F)F. The Kier molecular flexibility index (Phi) is 8.49. The minimum absolute atomic E-state index is 0.243. The normalized spacial score (nSPS) is 13.9. The Hall–Kier alpha value is -2.30. The Morgan fingerprint density at radius 2 is 1.66 bits per heavy atom. The van der Waals surface area contributed by atoms with Gasteiger partial charge in [0.2, 0.25) is 5.91 Å². The predicted octanol–water partition coefficient (Wildman–Crippen LogP) is 4.39. The fourth-order valence-corrected chi connectivity index (χ4v) is 2.28. The molecule has 0 aromatic heterocycles. The Bertz CT molecular complexity index is 695. The van der Waals surface area contributed by atoms with E-state index in [0.717, 1.165) is 24.3 Å². The highest BCUT2D eigenvalue weighted by molar-refractivity contribution is 6.20. The van der Waals surface area contributed by atoms with Gasteiger partial charge in [-0.3, -0.25) is 4.79 Å². The van der Waals surface area contributed by atoms with Gasteiger partial charge in [-0.1, -0.05) is 13.3 Å². The molecule has 0 aliphatic heterocycles. The molecule has 0 saturated heterocycles. The topological polar surface area (TPSA) is 76.7 Å². The fourth-order valence-electron chi connectivity index (χ4n) is 2.20. The van der Waals surface area contributed by atoms with Crippen LogP contribution in [0.5, 0.6) is 5.75 Å². The summed E-state index contributed by atoms with van der Waals surface area (Å²) in [4.78, 5) is 24.2. The zero-order valence-electron chi connectivity index (χ0n) is 15.5. The van der Waals surface area contributed by atoms with Crippen LogP contribution in [0.2, 0.25) is 0 Å². The number of alkyl halides is 6. The lowest BCUT2D eigenvalue weighted by Crippen LogP contribution is -2.69. The number of halogens is 6. The highest BCUT2D eigenvalue weighted by Crippen LogP contribution is 2.34. The van der Waals surface area contributed by atoms with Crippen molar-refractivity contribution in [2.24, 2.45) is 0 Å². The maximum absolute atomic E-state index is 13.9. The van der Waals surface area contributed by atoms with Crippen LogP contribution in [0.3, 0.4) is 0 Å². The van der Waals surface area contributed by atoms with E-state index < -0.39 is 35.0 Å². The van der Waals surface area contributed by atoms with Crippen LogP contribution in [0.1, 0.15) is 33.1 Å². The van der Waals surface area contributed by atoms with E-state index in [0.29, 0.717) is 12.8 Å². The van der Waals surface area contributed by atoms with E-state index in [1.165, 1.54) is 6.92 Å². The van der Waals surface area contributed by atoms with Crippen molar-refractivity contribution >= 4 is 29.2 Å². The van der Waals surface area contributed by atoms with Gasteiger partial charge in [-0.05, 0) is 37.6 Å². The van der Waals surface area contributed by atoms with Gasteiger partial charge in [0.1, 0.15) is 5.75 Å². The second-order valence-corrected chi connectivity index (χ2v) is 6.26. The molecule has 29 heavy (non-hydrogen) atoms. The molecule has 12 heteroatoms. The highest BCUT2D eigenvalue weighted by atomic mass is 35.5. The lowest BCUT2D eigenvalue weighted by Gasteiger charge is -2.35. The van der Waals surface area contributed by atoms with Crippen molar-refractivity contribution in [1.82, 2.24) is 5.32 Å². The van der Waals surface area contributed by atoms with Crippen LogP contribution in [0.4, 0.5) is 27.6 Å². The van der Waals surface area contributed by atoms with Crippen molar-refractivity contribution in [3.63, 3.8) is 0 Å². The summed E-state index contributed by atoms with van der Waals surface area (Å²) >= 11 is 4.62. The standard InChI is InChI=1S/C17H20ClF5N2O4/c1-3-5-6-13(26)25-15(16(19,20)21,14(27)28-4-2)24-11-7-9-12(10-8-11)29-17(18,22)23/h7-10,24H,3-6H2,1-2H3,(H,25,26)/t15-/m0/s1. The maximum Gasteiger partial charge on any atom is 0.487 e. The largest absolute Gasteiger partial charge is 0.487 e. The molecule has 1 aromatic rings. The summed E-state index contributed by atoms with van der Waals surface area (Å²) in [7, 11) is 0. The van der Waals surface area contributed by atoms with Crippen LogP contribution < -0.4 is 15.4 Å². The van der Waals surface area contributed by atoms with Crippen molar-refractivity contribution < 1.29 is 41.0 Å². The van der Waals surface area contributed by atoms with Gasteiger partial charge in [0.05, 0.1) is 6.61 Å². The number of esters is 1. The number of hydrogen-bond acceptors (Lipinski definition) is 5. The van der Waals surface area contributed by atoms with Crippen molar-refractivity contribution in [3.8, 4) is 5.75 Å². The Morgan fingerprint density at radius 1 is 1.07 bits per heavy atom. The molecule has 0 bridgehead atoms. The molecule has 0 fully saturated rings. The molecule has 6 nitrogen and oxygen atoms in total. The van der Waals surface area contributed by atoms with E-state index in [4.69, 9.17) is 0 Å². The molecule has 1 atom stereocenters. The average molecular weight is 447 g/mol. The molecule has 0 saturated carbocycles. The quantitative estimate of drug-likeness (QED) is 0.241. The Morgan fingerprint density at radius 3 is 2.10 bits per heavy atom. The number of amides is 1. The van der Waals surface area contributed by atoms with Crippen LogP contribution in [0.15, 0.2) is 24.3 Å². The van der Waals surface area contributed by atoms with Gasteiger partial charge in [-0.15, -0.1) is 8.78 Å². The van der Waals surface area contributed by atoms with Crippen LogP contribution in [-0.4, -0.2) is 35.9 Å². The first kappa shape index (κ1) is 24.7. The van der Waals surface area contributed by atoms with Crippen LogP contribution in [0.25, 0.3) is 0 Å². The van der Waals surface area contributed by atoms with E-state index in [9.17, 15) is 31.5 Å². The second kappa shape index (κ2) is 9.95. The third kappa shape index (κ3) is 7.22. The van der Waals surface area contributed by atoms with Gasteiger partial charge in [0.25, 0.3) is 0 Å². The zero-order chi connectivity index (χ0) is 22.3. The number of nitrogens with one attached hydrogen (secondary N) is 2. The van der Waals surface area contributed by atoms with Gasteiger partial charge in [0, 0.05) is 23.7 Å². The molecule has 1 rings (SSSR count). The summed E-state index contributed by atoms with van der Waals surface area (Å²) in [6.07, 6.45) is -4.68. The number of carbonyl (C=O) groups is 2. The lowest BCUT2D eigenvalue weighted by atomic mass is 10.1. The Labute approximate surface area is 168 Å². The molecule has 1 aromatic carbocycles. The molecule has 164 valence electrons. The zero-order valence-corrected chi connectivity index (χ0v) is 16.3. The molecule has 0 heterocycles. The third-order valence-corrected chi connectivity index (χ3v) is 3.59. The molecule has 1 amide bonds. The van der Waals surface area contributed by atoms with Crippen LogP contribution in [0, 0.1) is 0 Å². The van der Waals surface area contributed by atoms with Crippen molar-refractivity contribution in [2.75, 3.05) is 11.9 Å². The third-order valence-electron chi connectivity index (χ3n) is 3.51.